The number of amides is 1. The highest BCUT2D eigenvalue weighted by Crippen LogP contribution is 2.26. The number of halogens is 2. The number of carbonyl (C=O) groups is 1. The molecular weight excluding hydrogens is 437 g/mol. The number of rotatable bonds is 6. The van der Waals surface area contributed by atoms with Gasteiger partial charge in [0.25, 0.3) is 0 Å². The fraction of sp³-hybridized carbons (Fsp3) is 0.519. The first-order valence-electron chi connectivity index (χ1n) is 12.2. The van der Waals surface area contributed by atoms with E-state index in [1.807, 2.05) is 6.92 Å². The maximum absolute atomic E-state index is 14.1. The Balaban J connectivity index is 1.25. The molecule has 0 aliphatic carbocycles. The van der Waals surface area contributed by atoms with E-state index in [2.05, 4.69) is 46.3 Å². The number of nitrogens with zero attached hydrogens (tertiary/aromatic N) is 2. The molecule has 2 aliphatic heterocycles. The van der Waals surface area contributed by atoms with Crippen LogP contribution in [0.5, 0.6) is 0 Å². The van der Waals surface area contributed by atoms with E-state index < -0.39 is 0 Å². The third kappa shape index (κ3) is 6.27. The van der Waals surface area contributed by atoms with E-state index in [-0.39, 0.29) is 23.7 Å². The number of hydrogen-bond donors (Lipinski definition) is 1. The largest absolute Gasteiger partial charge is 0.371 e. The Morgan fingerprint density at radius 3 is 2.52 bits per heavy atom. The van der Waals surface area contributed by atoms with Crippen LogP contribution in [0.15, 0.2) is 42.5 Å². The zero-order chi connectivity index (χ0) is 23.4. The van der Waals surface area contributed by atoms with Gasteiger partial charge in [0.05, 0.1) is 6.04 Å². The van der Waals surface area contributed by atoms with Gasteiger partial charge in [0.1, 0.15) is 5.82 Å². The van der Waals surface area contributed by atoms with Crippen LogP contribution >= 0.6 is 11.6 Å². The topological polar surface area (TPSA) is 35.6 Å². The zero-order valence-corrected chi connectivity index (χ0v) is 20.5. The average Bonchev–Trinajstić information content (AvgIpc) is 2.81. The van der Waals surface area contributed by atoms with Gasteiger partial charge < -0.3 is 10.2 Å². The minimum absolute atomic E-state index is 0.00729. The second kappa shape index (κ2) is 10.9. The minimum atomic E-state index is -0.267. The monoisotopic (exact) mass is 471 g/mol. The Hall–Kier alpha value is -2.11. The summed E-state index contributed by atoms with van der Waals surface area (Å²) in [6, 6.07) is 13.5. The van der Waals surface area contributed by atoms with Crippen molar-refractivity contribution in [2.45, 2.75) is 52.1 Å². The third-order valence-electron chi connectivity index (χ3n) is 7.14. The van der Waals surface area contributed by atoms with Gasteiger partial charge in [-0.05, 0) is 81.4 Å². The van der Waals surface area contributed by atoms with Crippen LogP contribution in [0, 0.1) is 17.7 Å². The predicted molar refractivity (Wildman–Crippen MR) is 133 cm³/mol. The van der Waals surface area contributed by atoms with Crippen LogP contribution in [-0.4, -0.2) is 37.0 Å². The van der Waals surface area contributed by atoms with Crippen LogP contribution in [0.3, 0.4) is 0 Å². The predicted octanol–water partition coefficient (Wildman–Crippen LogP) is 5.80. The molecule has 2 aliphatic rings. The molecule has 4 nitrogen and oxygen atoms in total. The van der Waals surface area contributed by atoms with Gasteiger partial charge >= 0.3 is 0 Å². The first kappa shape index (κ1) is 24.0. The average molecular weight is 472 g/mol. The highest BCUT2D eigenvalue weighted by atomic mass is 35.5. The van der Waals surface area contributed by atoms with Crippen molar-refractivity contribution in [1.82, 2.24) is 10.2 Å². The van der Waals surface area contributed by atoms with Gasteiger partial charge in [-0.3, -0.25) is 9.69 Å². The summed E-state index contributed by atoms with van der Waals surface area (Å²) in [5, 5.41) is 3.62. The molecule has 1 amide bonds. The van der Waals surface area contributed by atoms with Gasteiger partial charge in [-0.2, -0.15) is 0 Å². The van der Waals surface area contributed by atoms with Crippen molar-refractivity contribution in [2.24, 2.45) is 11.8 Å². The summed E-state index contributed by atoms with van der Waals surface area (Å²) in [4.78, 5) is 17.5. The summed E-state index contributed by atoms with van der Waals surface area (Å²) in [7, 11) is 0. The van der Waals surface area contributed by atoms with Crippen LogP contribution in [-0.2, 0) is 11.3 Å². The highest BCUT2D eigenvalue weighted by Gasteiger charge is 2.26. The number of anilines is 1. The van der Waals surface area contributed by atoms with E-state index in [4.69, 9.17) is 11.6 Å². The van der Waals surface area contributed by atoms with E-state index in [1.54, 1.807) is 12.1 Å². The van der Waals surface area contributed by atoms with Gasteiger partial charge in [-0.25, -0.2) is 4.39 Å². The van der Waals surface area contributed by atoms with Crippen LogP contribution < -0.4 is 10.2 Å². The normalized spacial score (nSPS) is 21.1. The van der Waals surface area contributed by atoms with Crippen molar-refractivity contribution in [3.05, 3.63) is 64.4 Å². The molecule has 2 aromatic rings. The van der Waals surface area contributed by atoms with Crippen molar-refractivity contribution in [1.29, 1.82) is 0 Å². The molecule has 2 saturated heterocycles. The van der Waals surface area contributed by atoms with E-state index >= 15 is 0 Å². The molecule has 6 heteroatoms. The second-order valence-corrected chi connectivity index (χ2v) is 10.2. The van der Waals surface area contributed by atoms with E-state index in [9.17, 15) is 9.18 Å². The van der Waals surface area contributed by atoms with Crippen molar-refractivity contribution in [2.75, 3.05) is 31.1 Å². The summed E-state index contributed by atoms with van der Waals surface area (Å²) in [5.41, 5.74) is 3.06. The molecule has 33 heavy (non-hydrogen) atoms. The number of nitrogens with one attached hydrogen (secondary N) is 1. The summed E-state index contributed by atoms with van der Waals surface area (Å²) in [6.45, 7) is 8.74. The first-order chi connectivity index (χ1) is 15.9. The van der Waals surface area contributed by atoms with Crippen LogP contribution in [0.2, 0.25) is 5.02 Å². The Bertz CT molecular complexity index is 943. The van der Waals surface area contributed by atoms with Crippen molar-refractivity contribution < 1.29 is 9.18 Å². The Morgan fingerprint density at radius 1 is 1.12 bits per heavy atom. The van der Waals surface area contributed by atoms with Crippen LogP contribution in [0.4, 0.5) is 10.1 Å². The molecule has 2 unspecified atom stereocenters. The fourth-order valence-electron chi connectivity index (χ4n) is 5.06. The van der Waals surface area contributed by atoms with Crippen LogP contribution in [0.25, 0.3) is 0 Å². The van der Waals surface area contributed by atoms with Gasteiger partial charge in [0, 0.05) is 41.8 Å². The standard InChI is InChI=1S/C27H35ClFN3O/c1-19-4-3-13-32(17-19)25-9-6-21(7-10-25)20(2)30-27(33)22-11-14-31(15-12-22)18-23-5-8-24(28)16-26(23)29/h5-10,16,19-20,22H,3-4,11-15,17-18H2,1-2H3,(H,30,33). The number of hydrogen-bond acceptors (Lipinski definition) is 3. The first-order valence-corrected chi connectivity index (χ1v) is 12.6. The molecule has 2 heterocycles. The Morgan fingerprint density at radius 2 is 1.85 bits per heavy atom. The van der Waals surface area contributed by atoms with Crippen molar-refractivity contribution in [3.8, 4) is 0 Å². The molecule has 178 valence electrons. The number of likely N-dealkylation sites (tertiary alicyclic amines) is 1. The molecular formula is C27H35ClFN3O. The molecule has 1 N–H and O–H groups in total. The number of piperidine rings is 2. The molecule has 0 radical (unpaired) electrons. The Labute approximate surface area is 202 Å². The summed E-state index contributed by atoms with van der Waals surface area (Å²) >= 11 is 5.85. The maximum Gasteiger partial charge on any atom is 0.223 e. The van der Waals surface area contributed by atoms with E-state index in [0.29, 0.717) is 17.1 Å². The molecule has 0 aromatic heterocycles. The van der Waals surface area contributed by atoms with Gasteiger partial charge in [-0.1, -0.05) is 36.7 Å². The van der Waals surface area contributed by atoms with E-state index in [0.717, 1.165) is 50.5 Å². The lowest BCUT2D eigenvalue weighted by molar-refractivity contribution is -0.127. The van der Waals surface area contributed by atoms with Crippen LogP contribution in [0.1, 0.15) is 56.7 Å². The SMILES string of the molecule is CC1CCCN(c2ccc(C(C)NC(=O)C3CCN(Cc4ccc(Cl)cc4F)CC3)cc2)C1. The smallest absolute Gasteiger partial charge is 0.223 e. The zero-order valence-electron chi connectivity index (χ0n) is 19.7. The fourth-order valence-corrected chi connectivity index (χ4v) is 5.22. The number of benzene rings is 2. The maximum atomic E-state index is 14.1. The molecule has 2 aromatic carbocycles. The molecule has 4 rings (SSSR count). The third-order valence-corrected chi connectivity index (χ3v) is 7.38. The van der Waals surface area contributed by atoms with Gasteiger partial charge in [-0.15, -0.1) is 0 Å². The van der Waals surface area contributed by atoms with E-state index in [1.165, 1.54) is 24.6 Å². The second-order valence-electron chi connectivity index (χ2n) is 9.80. The number of carbonyl (C=O) groups excluding carboxylic acids is 1. The summed E-state index contributed by atoms with van der Waals surface area (Å²) in [6.07, 6.45) is 4.15. The molecule has 0 spiro atoms. The summed E-state index contributed by atoms with van der Waals surface area (Å²) < 4.78 is 14.1. The summed E-state index contributed by atoms with van der Waals surface area (Å²) in [5.74, 6) is 0.604. The molecule has 2 atom stereocenters. The lowest BCUT2D eigenvalue weighted by Gasteiger charge is -2.33. The molecule has 0 saturated carbocycles. The van der Waals surface area contributed by atoms with Crippen molar-refractivity contribution >= 4 is 23.2 Å². The molecule has 2 fully saturated rings. The quantitative estimate of drug-likeness (QED) is 0.577. The lowest BCUT2D eigenvalue weighted by atomic mass is 9.94. The molecule has 0 bridgehead atoms. The van der Waals surface area contributed by atoms with Gasteiger partial charge in [0.15, 0.2) is 0 Å². The Kier molecular flexibility index (Phi) is 7.92. The minimum Gasteiger partial charge on any atom is -0.371 e. The van der Waals surface area contributed by atoms with Gasteiger partial charge in [0.2, 0.25) is 5.91 Å². The lowest BCUT2D eigenvalue weighted by Crippen LogP contribution is -2.41. The van der Waals surface area contributed by atoms with Crippen molar-refractivity contribution in [3.63, 3.8) is 0 Å². The highest BCUT2D eigenvalue weighted by molar-refractivity contribution is 6.30.